The number of aliphatic hydroxyl groups is 1. The van der Waals surface area contributed by atoms with E-state index in [9.17, 15) is 0 Å². The van der Waals surface area contributed by atoms with Crippen molar-refractivity contribution >= 4 is 12.4 Å². The van der Waals surface area contributed by atoms with Crippen LogP contribution in [0.1, 0.15) is 31.7 Å². The Balaban J connectivity index is 0.00000320. The van der Waals surface area contributed by atoms with Gasteiger partial charge in [-0.1, -0.05) is 29.4 Å². The number of nitrogens with zero attached hydrogens (tertiary/aromatic N) is 4. The van der Waals surface area contributed by atoms with Crippen LogP contribution in [0.5, 0.6) is 17.5 Å². The fourth-order valence-electron chi connectivity index (χ4n) is 2.86. The number of tetrazole rings is 1. The second-order valence-corrected chi connectivity index (χ2v) is 6.49. The molecule has 0 fully saturated rings. The van der Waals surface area contributed by atoms with Crippen molar-refractivity contribution in [2.45, 2.75) is 32.7 Å². The van der Waals surface area contributed by atoms with Gasteiger partial charge in [0.25, 0.3) is 0 Å². The van der Waals surface area contributed by atoms with Crippen LogP contribution in [0.25, 0.3) is 5.69 Å². The molecule has 0 bridgehead atoms. The summed E-state index contributed by atoms with van der Waals surface area (Å²) < 4.78 is 13.3. The van der Waals surface area contributed by atoms with Crippen molar-refractivity contribution in [2.75, 3.05) is 19.8 Å². The first-order chi connectivity index (χ1) is 14.3. The predicted octanol–water partition coefficient (Wildman–Crippen LogP) is 3.53. The summed E-state index contributed by atoms with van der Waals surface area (Å²) in [5.74, 6) is 1.21. The molecule has 3 rings (SSSR count). The average molecular weight is 434 g/mol. The highest BCUT2D eigenvalue weighted by atomic mass is 35.5. The topological polar surface area (TPSA) is 94.3 Å². The van der Waals surface area contributed by atoms with Gasteiger partial charge in [0.2, 0.25) is 0 Å². The second kappa shape index (κ2) is 12.8. The van der Waals surface area contributed by atoms with E-state index in [2.05, 4.69) is 20.8 Å². The van der Waals surface area contributed by atoms with E-state index in [-0.39, 0.29) is 25.0 Å². The smallest absolute Gasteiger partial charge is 0.346 e. The highest BCUT2D eigenvalue weighted by molar-refractivity contribution is 5.85. The number of rotatable bonds is 12. The number of hydrogen-bond acceptors (Lipinski definition) is 7. The standard InChI is InChI=1S/C21H27N5O3.ClH/c1-2-28-20-15-17(16-22-13-7-4-8-14-27)11-12-19(20)29-21-23-24-25-26(21)18-9-5-3-6-10-18;/h3,5-6,9-12,15,22,27H,2,4,7-8,13-14,16H2,1H3;1H. The number of ether oxygens (including phenoxy) is 2. The summed E-state index contributed by atoms with van der Waals surface area (Å²) in [7, 11) is 0. The number of hydrogen-bond donors (Lipinski definition) is 2. The lowest BCUT2D eigenvalue weighted by atomic mass is 10.2. The van der Waals surface area contributed by atoms with E-state index in [1.807, 2.05) is 55.5 Å². The predicted molar refractivity (Wildman–Crippen MR) is 117 cm³/mol. The van der Waals surface area contributed by atoms with Crippen molar-refractivity contribution in [3.8, 4) is 23.2 Å². The van der Waals surface area contributed by atoms with Crippen molar-refractivity contribution in [2.24, 2.45) is 0 Å². The van der Waals surface area contributed by atoms with E-state index in [0.29, 0.717) is 18.1 Å². The van der Waals surface area contributed by atoms with Gasteiger partial charge < -0.3 is 19.9 Å². The van der Waals surface area contributed by atoms with E-state index in [0.717, 1.165) is 43.6 Å². The summed E-state index contributed by atoms with van der Waals surface area (Å²) in [6.07, 6.45) is 2.92. The third-order valence-corrected chi connectivity index (χ3v) is 4.29. The minimum absolute atomic E-state index is 0. The number of unbranched alkanes of at least 4 members (excludes halogenated alkanes) is 2. The number of aromatic nitrogens is 4. The van der Waals surface area contributed by atoms with Gasteiger partial charge in [-0.25, -0.2) is 0 Å². The number of aliphatic hydroxyl groups excluding tert-OH is 1. The van der Waals surface area contributed by atoms with Crippen LogP contribution in [0.2, 0.25) is 0 Å². The molecule has 1 heterocycles. The lowest BCUT2D eigenvalue weighted by molar-refractivity contribution is 0.283. The molecule has 9 heteroatoms. The first-order valence-electron chi connectivity index (χ1n) is 9.90. The van der Waals surface area contributed by atoms with Crippen molar-refractivity contribution in [1.82, 2.24) is 25.5 Å². The molecule has 1 aromatic heterocycles. The summed E-state index contributed by atoms with van der Waals surface area (Å²) in [5, 5.41) is 24.0. The second-order valence-electron chi connectivity index (χ2n) is 6.49. The lowest BCUT2D eigenvalue weighted by Gasteiger charge is -2.13. The first kappa shape index (κ1) is 23.6. The van der Waals surface area contributed by atoms with Crippen molar-refractivity contribution in [3.05, 3.63) is 54.1 Å². The molecule has 0 spiro atoms. The minimum atomic E-state index is 0. The molecule has 8 nitrogen and oxygen atoms in total. The zero-order valence-electron chi connectivity index (χ0n) is 17.0. The number of halogens is 1. The fraction of sp³-hybridized carbons (Fsp3) is 0.381. The summed E-state index contributed by atoms with van der Waals surface area (Å²) in [6, 6.07) is 15.7. The van der Waals surface area contributed by atoms with E-state index < -0.39 is 0 Å². The fourth-order valence-corrected chi connectivity index (χ4v) is 2.86. The van der Waals surface area contributed by atoms with Gasteiger partial charge in [-0.3, -0.25) is 0 Å². The van der Waals surface area contributed by atoms with Crippen LogP contribution in [-0.2, 0) is 6.54 Å². The monoisotopic (exact) mass is 433 g/mol. The highest BCUT2D eigenvalue weighted by Gasteiger charge is 2.14. The van der Waals surface area contributed by atoms with Crippen LogP contribution in [0.15, 0.2) is 48.5 Å². The molecule has 0 atom stereocenters. The largest absolute Gasteiger partial charge is 0.490 e. The molecule has 0 aliphatic rings. The van der Waals surface area contributed by atoms with Crippen LogP contribution in [-0.4, -0.2) is 45.1 Å². The Kier molecular flexibility index (Phi) is 10.1. The van der Waals surface area contributed by atoms with Gasteiger partial charge in [-0.05, 0) is 73.0 Å². The summed E-state index contributed by atoms with van der Waals surface area (Å²) in [4.78, 5) is 0. The van der Waals surface area contributed by atoms with Gasteiger partial charge in [0.1, 0.15) is 0 Å². The van der Waals surface area contributed by atoms with E-state index in [1.54, 1.807) is 0 Å². The van der Waals surface area contributed by atoms with Crippen LogP contribution in [0, 0.1) is 0 Å². The maximum absolute atomic E-state index is 8.82. The van der Waals surface area contributed by atoms with Crippen LogP contribution >= 0.6 is 12.4 Å². The molecule has 3 aromatic rings. The Hall–Kier alpha value is -2.68. The number of nitrogens with one attached hydrogen (secondary N) is 1. The van der Waals surface area contributed by atoms with E-state index >= 15 is 0 Å². The maximum atomic E-state index is 8.82. The Morgan fingerprint density at radius 2 is 1.87 bits per heavy atom. The Morgan fingerprint density at radius 3 is 2.63 bits per heavy atom. The Morgan fingerprint density at radius 1 is 1.03 bits per heavy atom. The van der Waals surface area contributed by atoms with Crippen molar-refractivity contribution in [3.63, 3.8) is 0 Å². The van der Waals surface area contributed by atoms with Crippen molar-refractivity contribution in [1.29, 1.82) is 0 Å². The van der Waals surface area contributed by atoms with Gasteiger partial charge in [0, 0.05) is 13.2 Å². The third kappa shape index (κ3) is 6.69. The molecule has 0 saturated heterocycles. The molecule has 0 saturated carbocycles. The molecule has 30 heavy (non-hydrogen) atoms. The van der Waals surface area contributed by atoms with Gasteiger partial charge in [-0.15, -0.1) is 12.4 Å². The highest BCUT2D eigenvalue weighted by Crippen LogP contribution is 2.32. The lowest BCUT2D eigenvalue weighted by Crippen LogP contribution is -2.14. The summed E-state index contributed by atoms with van der Waals surface area (Å²) >= 11 is 0. The van der Waals surface area contributed by atoms with Gasteiger partial charge in [0.15, 0.2) is 11.5 Å². The van der Waals surface area contributed by atoms with E-state index in [1.165, 1.54) is 4.68 Å². The molecule has 0 amide bonds. The maximum Gasteiger partial charge on any atom is 0.346 e. The number of benzene rings is 2. The molecule has 2 N–H and O–H groups in total. The van der Waals surface area contributed by atoms with Crippen LogP contribution in [0.3, 0.4) is 0 Å². The Labute approximate surface area is 182 Å². The van der Waals surface area contributed by atoms with Crippen LogP contribution < -0.4 is 14.8 Å². The van der Waals surface area contributed by atoms with Gasteiger partial charge in [0.05, 0.1) is 12.3 Å². The van der Waals surface area contributed by atoms with E-state index in [4.69, 9.17) is 14.6 Å². The minimum Gasteiger partial charge on any atom is -0.490 e. The number of para-hydroxylation sites is 1. The summed E-state index contributed by atoms with van der Waals surface area (Å²) in [5.41, 5.74) is 1.91. The summed E-state index contributed by atoms with van der Waals surface area (Å²) in [6.45, 7) is 4.37. The third-order valence-electron chi connectivity index (χ3n) is 4.29. The first-order valence-corrected chi connectivity index (χ1v) is 9.90. The molecule has 0 unspecified atom stereocenters. The molecular formula is C21H28ClN5O3. The van der Waals surface area contributed by atoms with Crippen molar-refractivity contribution < 1.29 is 14.6 Å². The normalized spacial score (nSPS) is 10.5. The molecule has 162 valence electrons. The molecule has 0 aliphatic carbocycles. The SMILES string of the molecule is CCOc1cc(CNCCCCCO)ccc1Oc1nnnn1-c1ccccc1.Cl. The van der Waals surface area contributed by atoms with Gasteiger partial charge in [-0.2, -0.15) is 4.68 Å². The van der Waals surface area contributed by atoms with Crippen LogP contribution in [0.4, 0.5) is 0 Å². The molecule has 0 radical (unpaired) electrons. The zero-order valence-corrected chi connectivity index (χ0v) is 17.8. The molecule has 0 aliphatic heterocycles. The quantitative estimate of drug-likeness (QED) is 0.422. The molecular weight excluding hydrogens is 406 g/mol. The average Bonchev–Trinajstić information content (AvgIpc) is 3.21. The molecule has 2 aromatic carbocycles. The Bertz CT molecular complexity index is 876. The zero-order chi connectivity index (χ0) is 20.3. The van der Waals surface area contributed by atoms with Gasteiger partial charge >= 0.3 is 6.01 Å².